The van der Waals surface area contributed by atoms with Crippen LogP contribution in [0.1, 0.15) is 50.4 Å². The molecular formula is C39H43N3O4. The summed E-state index contributed by atoms with van der Waals surface area (Å²) in [7, 11) is 0. The Morgan fingerprint density at radius 2 is 1.39 bits per heavy atom. The van der Waals surface area contributed by atoms with Crippen molar-refractivity contribution in [3.63, 3.8) is 0 Å². The molecule has 0 spiro atoms. The summed E-state index contributed by atoms with van der Waals surface area (Å²) in [6.07, 6.45) is 2.15. The predicted octanol–water partition coefficient (Wildman–Crippen LogP) is 8.75. The molecule has 4 aromatic carbocycles. The van der Waals surface area contributed by atoms with Gasteiger partial charge in [-0.15, -0.1) is 0 Å². The fourth-order valence-corrected chi connectivity index (χ4v) is 5.98. The van der Waals surface area contributed by atoms with Crippen molar-refractivity contribution in [2.24, 2.45) is 0 Å². The van der Waals surface area contributed by atoms with Crippen molar-refractivity contribution in [3.8, 4) is 45.6 Å². The van der Waals surface area contributed by atoms with Crippen LogP contribution in [0.5, 0.6) is 23.0 Å². The summed E-state index contributed by atoms with van der Waals surface area (Å²) in [6.45, 7) is 10.8. The number of benzene rings is 4. The summed E-state index contributed by atoms with van der Waals surface area (Å²) in [5.41, 5.74) is 6.67. The standard InChI is InChI=1S/C39H43N3O4/c1-4-7-21-42-35(38(32-16-12-18-34(24-32)44-6-3)40-39(42)31-14-9-8-10-15-31)27-41(25-29-13-11-17-33(22-29)43-5-2)26-30-19-20-36-37(23-30)46-28-45-36/h8-20,22-24H,4-7,21,25-28H2,1-3H3. The Balaban J connectivity index is 1.45. The van der Waals surface area contributed by atoms with Gasteiger partial charge in [0.15, 0.2) is 11.5 Å². The number of fused-ring (bicyclic) bond motifs is 1. The molecule has 0 N–H and O–H groups in total. The van der Waals surface area contributed by atoms with Gasteiger partial charge in [-0.3, -0.25) is 4.90 Å². The topological polar surface area (TPSA) is 58.0 Å². The monoisotopic (exact) mass is 617 g/mol. The highest BCUT2D eigenvalue weighted by Gasteiger charge is 2.23. The molecule has 7 heteroatoms. The van der Waals surface area contributed by atoms with Crippen LogP contribution in [0, 0.1) is 0 Å². The summed E-state index contributed by atoms with van der Waals surface area (Å²) in [5, 5.41) is 0. The van der Waals surface area contributed by atoms with Gasteiger partial charge in [-0.25, -0.2) is 4.98 Å². The van der Waals surface area contributed by atoms with Crippen LogP contribution in [-0.2, 0) is 26.2 Å². The highest BCUT2D eigenvalue weighted by atomic mass is 16.7. The zero-order chi connectivity index (χ0) is 31.7. The number of aromatic nitrogens is 2. The van der Waals surface area contributed by atoms with E-state index >= 15 is 0 Å². The number of hydrogen-bond acceptors (Lipinski definition) is 6. The van der Waals surface area contributed by atoms with Crippen molar-refractivity contribution in [1.82, 2.24) is 14.5 Å². The van der Waals surface area contributed by atoms with E-state index in [4.69, 9.17) is 23.9 Å². The van der Waals surface area contributed by atoms with Crippen molar-refractivity contribution in [2.45, 2.75) is 59.8 Å². The summed E-state index contributed by atoms with van der Waals surface area (Å²) >= 11 is 0. The van der Waals surface area contributed by atoms with Crippen LogP contribution in [0.25, 0.3) is 22.6 Å². The number of unbranched alkanes of at least 4 members (excludes halogenated alkanes) is 1. The molecule has 0 radical (unpaired) electrons. The summed E-state index contributed by atoms with van der Waals surface area (Å²) in [5.74, 6) is 4.31. The highest BCUT2D eigenvalue weighted by molar-refractivity contribution is 5.69. The zero-order valence-electron chi connectivity index (χ0n) is 27.1. The minimum Gasteiger partial charge on any atom is -0.494 e. The second kappa shape index (κ2) is 15.0. The highest BCUT2D eigenvalue weighted by Crippen LogP contribution is 2.35. The quantitative estimate of drug-likeness (QED) is 0.117. The molecule has 238 valence electrons. The Labute approximate surface area is 272 Å². The van der Waals surface area contributed by atoms with Crippen molar-refractivity contribution in [2.75, 3.05) is 20.0 Å². The van der Waals surface area contributed by atoms with Gasteiger partial charge < -0.3 is 23.5 Å². The van der Waals surface area contributed by atoms with Crippen molar-refractivity contribution in [3.05, 3.63) is 114 Å². The smallest absolute Gasteiger partial charge is 0.231 e. The van der Waals surface area contributed by atoms with Crippen molar-refractivity contribution < 1.29 is 18.9 Å². The molecule has 1 aliphatic rings. The summed E-state index contributed by atoms with van der Waals surface area (Å²) in [4.78, 5) is 7.86. The van der Waals surface area contributed by atoms with Gasteiger partial charge in [-0.2, -0.15) is 0 Å². The molecule has 5 aromatic rings. The molecule has 0 saturated carbocycles. The zero-order valence-corrected chi connectivity index (χ0v) is 27.1. The normalized spacial score (nSPS) is 12.1. The van der Waals surface area contributed by atoms with E-state index in [2.05, 4.69) is 95.3 Å². The summed E-state index contributed by atoms with van der Waals surface area (Å²) < 4.78 is 25.6. The number of rotatable bonds is 15. The predicted molar refractivity (Wildman–Crippen MR) is 182 cm³/mol. The van der Waals surface area contributed by atoms with Gasteiger partial charge in [0, 0.05) is 37.3 Å². The molecule has 0 saturated heterocycles. The fourth-order valence-electron chi connectivity index (χ4n) is 5.98. The van der Waals surface area contributed by atoms with Crippen LogP contribution in [0.15, 0.2) is 97.1 Å². The van der Waals surface area contributed by atoms with E-state index in [0.717, 1.165) is 77.1 Å². The van der Waals surface area contributed by atoms with E-state index in [1.807, 2.05) is 32.0 Å². The lowest BCUT2D eigenvalue weighted by atomic mass is 10.1. The molecule has 7 nitrogen and oxygen atoms in total. The Bertz CT molecular complexity index is 1730. The average molecular weight is 618 g/mol. The Morgan fingerprint density at radius 3 is 2.15 bits per heavy atom. The van der Waals surface area contributed by atoms with Gasteiger partial charge in [0.25, 0.3) is 0 Å². The Hall–Kier alpha value is -4.75. The lowest BCUT2D eigenvalue weighted by Gasteiger charge is -2.25. The Morgan fingerprint density at radius 1 is 0.696 bits per heavy atom. The molecule has 0 aliphatic carbocycles. The van der Waals surface area contributed by atoms with Gasteiger partial charge in [-0.1, -0.05) is 74.0 Å². The maximum absolute atomic E-state index is 5.92. The molecule has 0 bridgehead atoms. The lowest BCUT2D eigenvalue weighted by Crippen LogP contribution is -2.24. The molecule has 6 rings (SSSR count). The van der Waals surface area contributed by atoms with E-state index in [0.29, 0.717) is 26.3 Å². The molecule has 0 amide bonds. The first-order chi connectivity index (χ1) is 22.6. The van der Waals surface area contributed by atoms with E-state index in [9.17, 15) is 0 Å². The Kier molecular flexibility index (Phi) is 10.2. The van der Waals surface area contributed by atoms with Gasteiger partial charge in [0.05, 0.1) is 24.6 Å². The molecular weight excluding hydrogens is 574 g/mol. The first-order valence-electron chi connectivity index (χ1n) is 16.4. The van der Waals surface area contributed by atoms with Crippen molar-refractivity contribution >= 4 is 0 Å². The second-order valence-corrected chi connectivity index (χ2v) is 11.5. The van der Waals surface area contributed by atoms with Crippen LogP contribution in [0.4, 0.5) is 0 Å². The minimum atomic E-state index is 0.260. The number of ether oxygens (including phenoxy) is 4. The van der Waals surface area contributed by atoms with E-state index in [1.165, 1.54) is 11.3 Å². The molecule has 0 fully saturated rings. The third kappa shape index (κ3) is 7.37. The second-order valence-electron chi connectivity index (χ2n) is 11.5. The van der Waals surface area contributed by atoms with Crippen LogP contribution in [-0.4, -0.2) is 34.5 Å². The van der Waals surface area contributed by atoms with Crippen molar-refractivity contribution in [1.29, 1.82) is 0 Å². The molecule has 46 heavy (non-hydrogen) atoms. The molecule has 1 aliphatic heterocycles. The lowest BCUT2D eigenvalue weighted by molar-refractivity contribution is 0.174. The number of hydrogen-bond donors (Lipinski definition) is 0. The average Bonchev–Trinajstić information content (AvgIpc) is 3.69. The van der Waals surface area contributed by atoms with Gasteiger partial charge in [0.1, 0.15) is 17.3 Å². The molecule has 1 aromatic heterocycles. The first-order valence-corrected chi connectivity index (χ1v) is 16.4. The van der Waals surface area contributed by atoms with E-state index in [1.54, 1.807) is 0 Å². The van der Waals surface area contributed by atoms with Crippen LogP contribution >= 0.6 is 0 Å². The first kappa shape index (κ1) is 31.2. The fraction of sp³-hybridized carbons (Fsp3) is 0.308. The maximum Gasteiger partial charge on any atom is 0.231 e. The number of nitrogens with zero attached hydrogens (tertiary/aromatic N) is 3. The van der Waals surface area contributed by atoms with Gasteiger partial charge in [0.2, 0.25) is 6.79 Å². The van der Waals surface area contributed by atoms with E-state index in [-0.39, 0.29) is 6.79 Å². The number of imidazole rings is 1. The SMILES string of the molecule is CCCCn1c(-c2ccccc2)nc(-c2cccc(OCC)c2)c1CN(Cc1cccc(OCC)c1)Cc1ccc2c(c1)OCO2. The largest absolute Gasteiger partial charge is 0.494 e. The third-order valence-corrected chi connectivity index (χ3v) is 8.09. The van der Waals surface area contributed by atoms with Crippen LogP contribution in [0.2, 0.25) is 0 Å². The van der Waals surface area contributed by atoms with Crippen LogP contribution < -0.4 is 18.9 Å². The third-order valence-electron chi connectivity index (χ3n) is 8.09. The minimum absolute atomic E-state index is 0.260. The van der Waals surface area contributed by atoms with Gasteiger partial charge in [-0.05, 0) is 67.8 Å². The summed E-state index contributed by atoms with van der Waals surface area (Å²) in [6, 6.07) is 33.5. The van der Waals surface area contributed by atoms with E-state index < -0.39 is 0 Å². The maximum atomic E-state index is 5.92. The van der Waals surface area contributed by atoms with Gasteiger partial charge >= 0.3 is 0 Å². The molecule has 0 atom stereocenters. The molecule has 2 heterocycles. The van der Waals surface area contributed by atoms with Crippen LogP contribution in [0.3, 0.4) is 0 Å². The molecule has 0 unspecified atom stereocenters.